The van der Waals surface area contributed by atoms with Crippen LogP contribution < -0.4 is 10.0 Å². The Balaban J connectivity index is 1.43. The number of fused-ring (bicyclic) bond motifs is 2. The van der Waals surface area contributed by atoms with E-state index in [0.29, 0.717) is 13.0 Å². The molecule has 0 spiro atoms. The fourth-order valence-electron chi connectivity index (χ4n) is 4.66. The highest BCUT2D eigenvalue weighted by Crippen LogP contribution is 2.40. The molecule has 0 fully saturated rings. The number of thiophene rings is 2. The van der Waals surface area contributed by atoms with Crippen LogP contribution in [0.5, 0.6) is 0 Å². The number of amides is 1. The molecule has 0 aliphatic carbocycles. The van der Waals surface area contributed by atoms with Crippen molar-refractivity contribution in [3.05, 3.63) is 68.0 Å². The van der Waals surface area contributed by atoms with Gasteiger partial charge in [-0.05, 0) is 72.0 Å². The zero-order chi connectivity index (χ0) is 21.8. The maximum Gasteiger partial charge on any atom is 0.242 e. The normalized spacial score (nSPS) is 20.6. The Kier molecular flexibility index (Phi) is 5.16. The number of rotatable bonds is 4. The molecule has 2 aliphatic rings. The average Bonchev–Trinajstić information content (AvgIpc) is 3.46. The highest BCUT2D eigenvalue weighted by molar-refractivity contribution is 7.89. The zero-order valence-corrected chi connectivity index (χ0v) is 19.5. The van der Waals surface area contributed by atoms with Gasteiger partial charge >= 0.3 is 0 Å². The summed E-state index contributed by atoms with van der Waals surface area (Å²) < 4.78 is 23.4. The smallest absolute Gasteiger partial charge is 0.242 e. The molecule has 31 heavy (non-hydrogen) atoms. The monoisotopic (exact) mass is 473 g/mol. The van der Waals surface area contributed by atoms with Gasteiger partial charge in [0.2, 0.25) is 15.9 Å². The second-order valence-corrected chi connectivity index (χ2v) is 11.6. The number of carbonyl (C=O) groups is 1. The van der Waals surface area contributed by atoms with Gasteiger partial charge in [0.25, 0.3) is 0 Å². The van der Waals surface area contributed by atoms with Crippen LogP contribution in [0.2, 0.25) is 0 Å². The molecule has 2 N–H and O–H groups in total. The van der Waals surface area contributed by atoms with Crippen molar-refractivity contribution in [2.24, 2.45) is 5.14 Å². The lowest BCUT2D eigenvalue weighted by Gasteiger charge is -2.37. The van der Waals surface area contributed by atoms with Crippen LogP contribution in [0.3, 0.4) is 0 Å². The molecule has 6 nitrogen and oxygen atoms in total. The number of anilines is 1. The summed E-state index contributed by atoms with van der Waals surface area (Å²) in [5.74, 6) is 0.0884. The van der Waals surface area contributed by atoms with Crippen LogP contribution in [0.25, 0.3) is 0 Å². The predicted octanol–water partition coefficient (Wildman–Crippen LogP) is 3.38. The number of benzene rings is 1. The first-order valence-electron chi connectivity index (χ1n) is 10.1. The van der Waals surface area contributed by atoms with Gasteiger partial charge in [0.1, 0.15) is 0 Å². The van der Waals surface area contributed by atoms with Crippen molar-refractivity contribution in [3.63, 3.8) is 0 Å². The quantitative estimate of drug-likeness (QED) is 0.630. The summed E-state index contributed by atoms with van der Waals surface area (Å²) in [6.07, 6.45) is 1.57. The van der Waals surface area contributed by atoms with E-state index in [1.54, 1.807) is 34.8 Å². The molecule has 0 saturated carbocycles. The average molecular weight is 474 g/mol. The van der Waals surface area contributed by atoms with E-state index in [4.69, 9.17) is 5.14 Å². The third-order valence-electron chi connectivity index (χ3n) is 6.14. The van der Waals surface area contributed by atoms with E-state index in [1.165, 1.54) is 21.4 Å². The number of hydrogen-bond donors (Lipinski definition) is 1. The standard InChI is InChI=1S/C22H23N3O3S3/c1-14-11-15-12-16(31(23,27)28)4-5-18(15)25(14)13-21(26)24-8-6-19-17(7-10-30-19)22(24)20-3-2-9-29-20/h2-5,7,9-10,12,14,22H,6,8,11,13H2,1H3,(H2,23,27,28). The van der Waals surface area contributed by atoms with Gasteiger partial charge in [0.15, 0.2) is 0 Å². The fraction of sp³-hybridized carbons (Fsp3) is 0.318. The lowest BCUT2D eigenvalue weighted by atomic mass is 9.98. The maximum absolute atomic E-state index is 13.5. The SMILES string of the molecule is CC1Cc2cc(S(N)(=O)=O)ccc2N1CC(=O)N1CCc2sccc2C1c1cccs1. The molecule has 1 amide bonds. The van der Waals surface area contributed by atoms with Crippen molar-refractivity contribution in [2.45, 2.75) is 36.7 Å². The summed E-state index contributed by atoms with van der Waals surface area (Å²) in [6, 6.07) is 11.3. The largest absolute Gasteiger partial charge is 0.359 e. The summed E-state index contributed by atoms with van der Waals surface area (Å²) in [5.41, 5.74) is 3.06. The lowest BCUT2D eigenvalue weighted by molar-refractivity contribution is -0.131. The van der Waals surface area contributed by atoms with Crippen molar-refractivity contribution < 1.29 is 13.2 Å². The Hall–Kier alpha value is -2.20. The second-order valence-electron chi connectivity index (χ2n) is 8.07. The van der Waals surface area contributed by atoms with Gasteiger partial charge in [0.05, 0.1) is 17.5 Å². The van der Waals surface area contributed by atoms with Crippen molar-refractivity contribution in [1.29, 1.82) is 0 Å². The van der Waals surface area contributed by atoms with E-state index in [9.17, 15) is 13.2 Å². The molecule has 4 heterocycles. The van der Waals surface area contributed by atoms with E-state index >= 15 is 0 Å². The van der Waals surface area contributed by atoms with Crippen LogP contribution >= 0.6 is 22.7 Å². The van der Waals surface area contributed by atoms with Crippen LogP contribution in [0.4, 0.5) is 5.69 Å². The zero-order valence-electron chi connectivity index (χ0n) is 17.0. The molecule has 2 unspecified atom stereocenters. The predicted molar refractivity (Wildman–Crippen MR) is 124 cm³/mol. The molecule has 5 rings (SSSR count). The lowest BCUT2D eigenvalue weighted by Crippen LogP contribution is -2.46. The first-order chi connectivity index (χ1) is 14.8. The van der Waals surface area contributed by atoms with E-state index in [2.05, 4.69) is 34.7 Å². The summed E-state index contributed by atoms with van der Waals surface area (Å²) in [5, 5.41) is 9.46. The van der Waals surface area contributed by atoms with Gasteiger partial charge in [-0.15, -0.1) is 22.7 Å². The minimum atomic E-state index is -3.75. The Morgan fingerprint density at radius 3 is 2.77 bits per heavy atom. The molecule has 162 valence electrons. The van der Waals surface area contributed by atoms with Crippen molar-refractivity contribution in [3.8, 4) is 0 Å². The summed E-state index contributed by atoms with van der Waals surface area (Å²) in [4.78, 5) is 20.3. The highest BCUT2D eigenvalue weighted by atomic mass is 32.2. The van der Waals surface area contributed by atoms with Gasteiger partial charge in [-0.1, -0.05) is 6.07 Å². The minimum Gasteiger partial charge on any atom is -0.359 e. The molecule has 1 aromatic carbocycles. The van der Waals surface area contributed by atoms with E-state index in [1.807, 2.05) is 11.0 Å². The Morgan fingerprint density at radius 1 is 1.19 bits per heavy atom. The first kappa shape index (κ1) is 20.7. The van der Waals surface area contributed by atoms with Crippen LogP contribution in [0, 0.1) is 0 Å². The van der Waals surface area contributed by atoms with E-state index in [-0.39, 0.29) is 29.4 Å². The molecule has 2 atom stereocenters. The molecule has 0 bridgehead atoms. The molecular weight excluding hydrogens is 450 g/mol. The molecule has 0 saturated heterocycles. The van der Waals surface area contributed by atoms with Gasteiger partial charge in [-0.25, -0.2) is 13.6 Å². The van der Waals surface area contributed by atoms with Gasteiger partial charge in [-0.2, -0.15) is 0 Å². The molecule has 2 aliphatic heterocycles. The molecular formula is C22H23N3O3S3. The minimum absolute atomic E-state index is 0.0374. The topological polar surface area (TPSA) is 83.7 Å². The number of primary sulfonamides is 1. The Labute approximate surface area is 190 Å². The van der Waals surface area contributed by atoms with Gasteiger partial charge < -0.3 is 9.80 Å². The fourth-order valence-corrected chi connectivity index (χ4v) is 6.99. The maximum atomic E-state index is 13.5. The van der Waals surface area contributed by atoms with Crippen molar-refractivity contribution >= 4 is 44.3 Å². The number of sulfonamides is 1. The number of nitrogens with zero attached hydrogens (tertiary/aromatic N) is 2. The Morgan fingerprint density at radius 2 is 2.03 bits per heavy atom. The van der Waals surface area contributed by atoms with Gasteiger partial charge in [0, 0.05) is 28.0 Å². The molecule has 2 aromatic heterocycles. The first-order valence-corrected chi connectivity index (χ1v) is 13.4. The number of carbonyl (C=O) groups excluding carboxylic acids is 1. The molecule has 3 aromatic rings. The number of nitrogens with two attached hydrogens (primary N) is 1. The van der Waals surface area contributed by atoms with Crippen LogP contribution in [0.1, 0.15) is 33.8 Å². The van der Waals surface area contributed by atoms with Crippen molar-refractivity contribution in [2.75, 3.05) is 18.0 Å². The third kappa shape index (κ3) is 3.69. The van der Waals surface area contributed by atoms with E-state index < -0.39 is 10.0 Å². The summed E-state index contributed by atoms with van der Waals surface area (Å²) in [6.45, 7) is 3.03. The molecule has 0 radical (unpaired) electrons. The van der Waals surface area contributed by atoms with Crippen LogP contribution in [0.15, 0.2) is 52.1 Å². The van der Waals surface area contributed by atoms with Gasteiger partial charge in [-0.3, -0.25) is 4.79 Å². The third-order valence-corrected chi connectivity index (χ3v) is 8.97. The van der Waals surface area contributed by atoms with Crippen molar-refractivity contribution in [1.82, 2.24) is 4.90 Å². The van der Waals surface area contributed by atoms with Crippen LogP contribution in [-0.4, -0.2) is 38.4 Å². The Bertz CT molecular complexity index is 1230. The van der Waals surface area contributed by atoms with E-state index in [0.717, 1.165) is 17.7 Å². The second kappa shape index (κ2) is 7.74. The highest BCUT2D eigenvalue weighted by Gasteiger charge is 2.36. The van der Waals surface area contributed by atoms with Crippen LogP contribution in [-0.2, 0) is 27.7 Å². The summed E-state index contributed by atoms with van der Waals surface area (Å²) >= 11 is 3.45. The number of hydrogen-bond acceptors (Lipinski definition) is 6. The molecule has 9 heteroatoms. The summed E-state index contributed by atoms with van der Waals surface area (Å²) in [7, 11) is -3.75.